The van der Waals surface area contributed by atoms with Gasteiger partial charge < -0.3 is 15.0 Å². The minimum atomic E-state index is -4.21. The molecule has 0 spiro atoms. The summed E-state index contributed by atoms with van der Waals surface area (Å²) in [5, 5.41) is 4.03. The van der Waals surface area contributed by atoms with Crippen molar-refractivity contribution >= 4 is 22.5 Å². The second-order valence-electron chi connectivity index (χ2n) is 7.71. The standard InChI is InChI=1S/C16H18N2O2.C7H5F3/c19-16(10-4-5-10)18-15-9-17-14-7-6-12(8-13(14)15)20-11-2-1-3-11;8-7(9,10)6-4-2-1-3-5-6/h6-11,17H,1-5H2,(H,18,19);1-5H. The molecule has 5 rings (SSSR count). The summed E-state index contributed by atoms with van der Waals surface area (Å²) in [5.74, 6) is 1.24. The first-order chi connectivity index (χ1) is 14.4. The third-order valence-corrected chi connectivity index (χ3v) is 5.32. The molecule has 2 fully saturated rings. The van der Waals surface area contributed by atoms with Crippen molar-refractivity contribution in [2.75, 3.05) is 5.32 Å². The Kier molecular flexibility index (Phi) is 5.70. The maximum atomic E-state index is 11.9. The van der Waals surface area contributed by atoms with Crippen LogP contribution in [-0.4, -0.2) is 17.0 Å². The van der Waals surface area contributed by atoms with E-state index in [0.29, 0.717) is 6.10 Å². The van der Waals surface area contributed by atoms with Gasteiger partial charge in [0.05, 0.1) is 17.4 Å². The van der Waals surface area contributed by atoms with Crippen LogP contribution in [0.15, 0.2) is 54.7 Å². The van der Waals surface area contributed by atoms with Gasteiger partial charge in [-0.15, -0.1) is 0 Å². The number of alkyl halides is 3. The van der Waals surface area contributed by atoms with E-state index in [1.807, 2.05) is 24.4 Å². The molecule has 4 nitrogen and oxygen atoms in total. The molecule has 30 heavy (non-hydrogen) atoms. The van der Waals surface area contributed by atoms with Crippen molar-refractivity contribution in [3.63, 3.8) is 0 Å². The van der Waals surface area contributed by atoms with E-state index in [-0.39, 0.29) is 11.8 Å². The Balaban J connectivity index is 0.000000185. The lowest BCUT2D eigenvalue weighted by molar-refractivity contribution is -0.137. The number of hydrogen-bond donors (Lipinski definition) is 2. The van der Waals surface area contributed by atoms with E-state index in [2.05, 4.69) is 10.3 Å². The lowest BCUT2D eigenvalue weighted by atomic mass is 9.96. The van der Waals surface area contributed by atoms with Crippen LogP contribution in [-0.2, 0) is 11.0 Å². The Bertz CT molecular complexity index is 1010. The highest BCUT2D eigenvalue weighted by atomic mass is 19.4. The summed E-state index contributed by atoms with van der Waals surface area (Å²) in [6.07, 6.45) is 3.62. The molecule has 0 bridgehead atoms. The Labute approximate surface area is 172 Å². The van der Waals surface area contributed by atoms with E-state index in [4.69, 9.17) is 4.74 Å². The number of anilines is 1. The number of ether oxygens (including phenoxy) is 1. The molecular formula is C23H23F3N2O2. The second-order valence-corrected chi connectivity index (χ2v) is 7.71. The molecule has 2 aliphatic carbocycles. The Hall–Kier alpha value is -2.96. The summed E-state index contributed by atoms with van der Waals surface area (Å²) >= 11 is 0. The molecule has 0 unspecified atom stereocenters. The number of halogens is 3. The lowest BCUT2D eigenvalue weighted by Gasteiger charge is -2.26. The van der Waals surface area contributed by atoms with E-state index >= 15 is 0 Å². The number of amides is 1. The number of carbonyl (C=O) groups is 1. The number of carbonyl (C=O) groups excluding carboxylic acids is 1. The second kappa shape index (κ2) is 8.42. The van der Waals surface area contributed by atoms with Crippen LogP contribution in [0.2, 0.25) is 0 Å². The van der Waals surface area contributed by atoms with Gasteiger partial charge in [-0.2, -0.15) is 13.2 Å². The highest BCUT2D eigenvalue weighted by Crippen LogP contribution is 2.34. The average molecular weight is 416 g/mol. The third-order valence-electron chi connectivity index (χ3n) is 5.32. The van der Waals surface area contributed by atoms with E-state index in [9.17, 15) is 18.0 Å². The zero-order valence-corrected chi connectivity index (χ0v) is 16.3. The first-order valence-electron chi connectivity index (χ1n) is 10.1. The first-order valence-corrected chi connectivity index (χ1v) is 10.1. The van der Waals surface area contributed by atoms with Gasteiger partial charge in [0.15, 0.2) is 0 Å². The maximum Gasteiger partial charge on any atom is 0.416 e. The molecule has 0 atom stereocenters. The Morgan fingerprint density at radius 3 is 2.33 bits per heavy atom. The smallest absolute Gasteiger partial charge is 0.416 e. The summed E-state index contributed by atoms with van der Waals surface area (Å²) in [7, 11) is 0. The molecule has 0 radical (unpaired) electrons. The molecule has 158 valence electrons. The summed E-state index contributed by atoms with van der Waals surface area (Å²) in [6, 6.07) is 12.4. The predicted molar refractivity (Wildman–Crippen MR) is 109 cm³/mol. The largest absolute Gasteiger partial charge is 0.490 e. The van der Waals surface area contributed by atoms with Crippen LogP contribution in [0.25, 0.3) is 10.9 Å². The van der Waals surface area contributed by atoms with Crippen molar-refractivity contribution in [3.8, 4) is 5.75 Å². The SMILES string of the molecule is FC(F)(F)c1ccccc1.O=C(Nc1c[nH]c2ccc(OC3CCC3)cc12)C1CC1. The Morgan fingerprint density at radius 1 is 1.03 bits per heavy atom. The van der Waals surface area contributed by atoms with Crippen LogP contribution in [0.4, 0.5) is 18.9 Å². The molecular weight excluding hydrogens is 393 g/mol. The summed E-state index contributed by atoms with van der Waals surface area (Å²) < 4.78 is 41.3. The van der Waals surface area contributed by atoms with E-state index < -0.39 is 11.7 Å². The van der Waals surface area contributed by atoms with Crippen molar-refractivity contribution < 1.29 is 22.7 Å². The summed E-state index contributed by atoms with van der Waals surface area (Å²) in [5.41, 5.74) is 1.28. The molecule has 2 N–H and O–H groups in total. The van der Waals surface area contributed by atoms with Crippen LogP contribution in [0.5, 0.6) is 5.75 Å². The number of aromatic amines is 1. The quantitative estimate of drug-likeness (QED) is 0.536. The van der Waals surface area contributed by atoms with Gasteiger partial charge in [-0.3, -0.25) is 4.79 Å². The fraction of sp³-hybridized carbons (Fsp3) is 0.348. The third kappa shape index (κ3) is 4.96. The molecule has 1 amide bonds. The van der Waals surface area contributed by atoms with Crippen LogP contribution in [0, 0.1) is 5.92 Å². The lowest BCUT2D eigenvalue weighted by Crippen LogP contribution is -2.24. The number of H-pyrrole nitrogens is 1. The number of hydrogen-bond acceptors (Lipinski definition) is 2. The number of benzene rings is 2. The highest BCUT2D eigenvalue weighted by Gasteiger charge is 2.30. The predicted octanol–water partition coefficient (Wildman–Crippen LogP) is 6.15. The van der Waals surface area contributed by atoms with Crippen molar-refractivity contribution in [2.45, 2.75) is 44.4 Å². The zero-order chi connectivity index (χ0) is 21.1. The molecule has 2 aromatic carbocycles. The van der Waals surface area contributed by atoms with Crippen LogP contribution >= 0.6 is 0 Å². The van der Waals surface area contributed by atoms with Gasteiger partial charge in [-0.05, 0) is 50.3 Å². The van der Waals surface area contributed by atoms with E-state index in [1.54, 1.807) is 6.07 Å². The van der Waals surface area contributed by atoms with Crippen LogP contribution < -0.4 is 10.1 Å². The van der Waals surface area contributed by atoms with Gasteiger partial charge in [0.2, 0.25) is 5.91 Å². The van der Waals surface area contributed by atoms with Gasteiger partial charge in [0, 0.05) is 23.0 Å². The molecule has 2 aliphatic rings. The molecule has 1 aromatic heterocycles. The minimum Gasteiger partial charge on any atom is -0.490 e. The van der Waals surface area contributed by atoms with Gasteiger partial charge >= 0.3 is 6.18 Å². The minimum absolute atomic E-state index is 0.135. The monoisotopic (exact) mass is 416 g/mol. The van der Waals surface area contributed by atoms with Crippen LogP contribution in [0.1, 0.15) is 37.7 Å². The highest BCUT2D eigenvalue weighted by molar-refractivity contribution is 6.03. The molecule has 7 heteroatoms. The summed E-state index contributed by atoms with van der Waals surface area (Å²) in [6.45, 7) is 0. The van der Waals surface area contributed by atoms with E-state index in [0.717, 1.165) is 60.2 Å². The van der Waals surface area contributed by atoms with Crippen molar-refractivity contribution in [3.05, 3.63) is 60.3 Å². The average Bonchev–Trinajstić information content (AvgIpc) is 3.48. The maximum absolute atomic E-state index is 11.9. The molecule has 0 saturated heterocycles. The van der Waals surface area contributed by atoms with Gasteiger partial charge in [-0.1, -0.05) is 30.3 Å². The first kappa shape index (κ1) is 20.3. The topological polar surface area (TPSA) is 54.1 Å². The number of fused-ring (bicyclic) bond motifs is 1. The molecule has 1 heterocycles. The zero-order valence-electron chi connectivity index (χ0n) is 16.3. The Morgan fingerprint density at radius 2 is 1.77 bits per heavy atom. The van der Waals surface area contributed by atoms with Gasteiger partial charge in [0.25, 0.3) is 0 Å². The molecule has 3 aromatic rings. The van der Waals surface area contributed by atoms with Gasteiger partial charge in [0.1, 0.15) is 5.75 Å². The normalized spacial score (nSPS) is 16.4. The summed E-state index contributed by atoms with van der Waals surface area (Å²) in [4.78, 5) is 15.1. The van der Waals surface area contributed by atoms with Crippen LogP contribution in [0.3, 0.4) is 0 Å². The number of rotatable bonds is 4. The number of aromatic nitrogens is 1. The molecule has 2 saturated carbocycles. The van der Waals surface area contributed by atoms with Gasteiger partial charge in [-0.25, -0.2) is 0 Å². The van der Waals surface area contributed by atoms with Crippen molar-refractivity contribution in [2.24, 2.45) is 5.92 Å². The van der Waals surface area contributed by atoms with Crippen molar-refractivity contribution in [1.82, 2.24) is 4.98 Å². The fourth-order valence-corrected chi connectivity index (χ4v) is 3.17. The molecule has 0 aliphatic heterocycles. The number of nitrogens with one attached hydrogen (secondary N) is 2. The fourth-order valence-electron chi connectivity index (χ4n) is 3.17. The van der Waals surface area contributed by atoms with Crippen molar-refractivity contribution in [1.29, 1.82) is 0 Å². The van der Waals surface area contributed by atoms with E-state index in [1.165, 1.54) is 18.6 Å².